The molecule has 0 fully saturated rings. The highest BCUT2D eigenvalue weighted by Crippen LogP contribution is 2.69. The summed E-state index contributed by atoms with van der Waals surface area (Å²) in [6.07, 6.45) is 3.73. The first-order valence-corrected chi connectivity index (χ1v) is 32.0. The first-order chi connectivity index (χ1) is 42.9. The summed E-state index contributed by atoms with van der Waals surface area (Å²) in [6, 6.07) is 72.8. The van der Waals surface area contributed by atoms with E-state index in [4.69, 9.17) is 0 Å². The summed E-state index contributed by atoms with van der Waals surface area (Å²) in [5, 5.41) is 42.8. The van der Waals surface area contributed by atoms with Crippen molar-refractivity contribution in [2.24, 2.45) is 0 Å². The molecule has 4 aliphatic rings. The van der Waals surface area contributed by atoms with Crippen LogP contribution in [0.4, 0.5) is 0 Å². The van der Waals surface area contributed by atoms with Crippen molar-refractivity contribution < 1.29 is 9.59 Å². The van der Waals surface area contributed by atoms with Gasteiger partial charge in [0.15, 0.2) is 11.6 Å². The topological polar surface area (TPSA) is 129 Å². The summed E-state index contributed by atoms with van der Waals surface area (Å²) in [5.74, 6) is -0.412. The van der Waals surface area contributed by atoms with Gasteiger partial charge in [-0.25, -0.2) is 0 Å². The lowest BCUT2D eigenvalue weighted by atomic mass is 9.66. The quantitative estimate of drug-likeness (QED) is 0.120. The number of carbonyl (C=O) groups excluding carboxylic acids is 2. The van der Waals surface area contributed by atoms with Gasteiger partial charge in [0.25, 0.3) is 0 Å². The molecule has 0 aliphatic heterocycles. The molecule has 0 atom stereocenters. The van der Waals surface area contributed by atoms with Gasteiger partial charge in [0.05, 0.1) is 20.2 Å². The van der Waals surface area contributed by atoms with Crippen LogP contribution in [-0.4, -0.2) is 11.6 Å². The molecular formula is C78H44N4O2S4. The normalized spacial score (nSPS) is 15.5. The molecule has 12 aromatic rings. The highest BCUT2D eigenvalue weighted by atomic mass is 32.1. The maximum Gasteiger partial charge on any atom is 0.194 e. The summed E-state index contributed by atoms with van der Waals surface area (Å²) in [6.45, 7) is 8.54. The SMILES string of the molecule is Cc1ccc(C2(c3ccc(C)cc3)c3cc4cc(C=C5C(=O)c6ccccc6C5=C(C#N)C#N)sc4cc3-c3sc4c5c(sc4c32)-c2cc3cc(C=C4C(=O)c6ccccc6C4=C(C#N)C#N)sc3cc2C5(c2ccc(C)cc2)c2ccc(C)cc2)cc1. The number of thiophene rings is 4. The summed E-state index contributed by atoms with van der Waals surface area (Å²) in [7, 11) is 0. The molecule has 0 unspecified atom stereocenters. The molecule has 16 rings (SSSR count). The molecule has 0 spiro atoms. The number of benzene rings is 8. The predicted molar refractivity (Wildman–Crippen MR) is 358 cm³/mol. The Hall–Kier alpha value is -10.4. The lowest BCUT2D eigenvalue weighted by molar-refractivity contribution is 0.103. The number of ketones is 2. The van der Waals surface area contributed by atoms with E-state index in [0.717, 1.165) is 85.6 Å². The van der Waals surface area contributed by atoms with E-state index in [1.165, 1.54) is 41.4 Å². The average Bonchev–Trinajstić information content (AvgIpc) is 1.49. The van der Waals surface area contributed by atoms with Crippen LogP contribution in [-0.2, 0) is 10.8 Å². The number of aryl methyl sites for hydroxylation is 4. The third-order valence-corrected chi connectivity index (χ3v) is 23.0. The summed E-state index contributed by atoms with van der Waals surface area (Å²) in [5.41, 5.74) is 18.3. The lowest BCUT2D eigenvalue weighted by Gasteiger charge is -2.34. The molecule has 0 radical (unpaired) electrons. The van der Waals surface area contributed by atoms with E-state index in [0.29, 0.717) is 44.5 Å². The number of fused-ring (bicyclic) bond motifs is 13. The van der Waals surface area contributed by atoms with E-state index < -0.39 is 10.8 Å². The minimum absolute atomic E-state index is 0.0901. The van der Waals surface area contributed by atoms with Gasteiger partial charge in [-0.3, -0.25) is 9.59 Å². The number of nitriles is 4. The fraction of sp³-hybridized carbons (Fsp3) is 0.0769. The van der Waals surface area contributed by atoms with Gasteiger partial charge in [0, 0.05) is 73.5 Å². The van der Waals surface area contributed by atoms with E-state index in [1.54, 1.807) is 34.8 Å². The first kappa shape index (κ1) is 53.1. The van der Waals surface area contributed by atoms with Gasteiger partial charge < -0.3 is 0 Å². The monoisotopic (exact) mass is 1200 g/mol. The fourth-order valence-electron chi connectivity index (χ4n) is 14.3. The van der Waals surface area contributed by atoms with Gasteiger partial charge in [-0.05, 0) is 143 Å². The Kier molecular flexibility index (Phi) is 11.8. The number of nitrogens with zero attached hydrogens (tertiary/aromatic N) is 4. The Morgan fingerprint density at radius 1 is 0.386 bits per heavy atom. The van der Waals surface area contributed by atoms with Crippen molar-refractivity contribution in [3.05, 3.63) is 303 Å². The maximum absolute atomic E-state index is 14.2. The smallest absolute Gasteiger partial charge is 0.194 e. The largest absolute Gasteiger partial charge is 0.289 e. The van der Waals surface area contributed by atoms with Crippen LogP contribution < -0.4 is 0 Å². The lowest BCUT2D eigenvalue weighted by Crippen LogP contribution is -2.29. The molecule has 6 nitrogen and oxygen atoms in total. The van der Waals surface area contributed by atoms with Crippen LogP contribution in [0.3, 0.4) is 0 Å². The molecule has 0 amide bonds. The minimum atomic E-state index is -0.786. The summed E-state index contributed by atoms with van der Waals surface area (Å²) < 4.78 is 4.57. The molecule has 4 aliphatic carbocycles. The third-order valence-electron chi connectivity index (χ3n) is 18.3. The van der Waals surface area contributed by atoms with Crippen LogP contribution in [0.2, 0.25) is 0 Å². The third kappa shape index (κ3) is 7.33. The Balaban J connectivity index is 0.975. The van der Waals surface area contributed by atoms with Crippen LogP contribution in [0.25, 0.3) is 73.8 Å². The van der Waals surface area contributed by atoms with Crippen LogP contribution in [0.5, 0.6) is 0 Å². The van der Waals surface area contributed by atoms with Gasteiger partial charge in [0.2, 0.25) is 0 Å². The average molecular weight is 1200 g/mol. The van der Waals surface area contributed by atoms with Gasteiger partial charge in [-0.1, -0.05) is 168 Å². The Morgan fingerprint density at radius 3 is 1.11 bits per heavy atom. The summed E-state index contributed by atoms with van der Waals surface area (Å²) >= 11 is 6.97. The number of hydrogen-bond acceptors (Lipinski definition) is 10. The maximum atomic E-state index is 14.2. The molecule has 10 heteroatoms. The second kappa shape index (κ2) is 19.6. The number of carbonyl (C=O) groups is 2. The van der Waals surface area contributed by atoms with Gasteiger partial charge in [0.1, 0.15) is 35.4 Å². The van der Waals surface area contributed by atoms with E-state index in [-0.39, 0.29) is 22.7 Å². The standard InChI is InChI=1S/C78H44N4O2S4/c1-41-13-21-49(22-14-41)77(50-23-15-42(2)16-24-50)63-32-46-30-54(34-62-68(48(39-81)40-82)56-10-6-8-12-58(56)72(62)84)85-65(46)35-60(63)74-70(77)76-75(88-74)69-73(87-76)59-31-45-29-53(33-61-67(47(37-79)38-80)55-9-5-7-11-57(55)71(61)83)86-66(45)36-64(59)78(69,51-25-17-43(3)18-26-51)52-27-19-44(4)20-28-52/h5-36H,1-4H3. The van der Waals surface area contributed by atoms with Gasteiger partial charge in [-0.15, -0.1) is 45.3 Å². The van der Waals surface area contributed by atoms with Crippen molar-refractivity contribution >= 4 is 110 Å². The van der Waals surface area contributed by atoms with Crippen LogP contribution >= 0.6 is 45.3 Å². The zero-order chi connectivity index (χ0) is 60.1. The van der Waals surface area contributed by atoms with E-state index in [1.807, 2.05) is 71.2 Å². The zero-order valence-corrected chi connectivity index (χ0v) is 51.0. The van der Waals surface area contributed by atoms with Crippen LogP contribution in [0, 0.1) is 73.0 Å². The van der Waals surface area contributed by atoms with Crippen molar-refractivity contribution in [3.8, 4) is 45.2 Å². The number of rotatable bonds is 6. The molecule has 88 heavy (non-hydrogen) atoms. The summed E-state index contributed by atoms with van der Waals surface area (Å²) in [4.78, 5) is 32.6. The van der Waals surface area contributed by atoms with Crippen molar-refractivity contribution in [2.45, 2.75) is 38.5 Å². The molecular weight excluding hydrogens is 1150 g/mol. The van der Waals surface area contributed by atoms with Crippen molar-refractivity contribution in [3.63, 3.8) is 0 Å². The highest BCUT2D eigenvalue weighted by molar-refractivity contribution is 7.32. The Morgan fingerprint density at radius 2 is 0.727 bits per heavy atom. The molecule has 0 N–H and O–H groups in total. The van der Waals surface area contributed by atoms with Gasteiger partial charge >= 0.3 is 0 Å². The molecule has 4 aromatic heterocycles. The number of allylic oxidation sites excluding steroid dienone is 6. The van der Waals surface area contributed by atoms with Crippen LogP contribution in [0.15, 0.2) is 204 Å². The molecule has 8 aromatic carbocycles. The Bertz CT molecular complexity index is 5020. The second-order valence-corrected chi connectivity index (χ2v) is 27.5. The molecule has 0 saturated heterocycles. The molecule has 412 valence electrons. The fourth-order valence-corrected chi connectivity index (χ4v) is 19.6. The van der Waals surface area contributed by atoms with E-state index in [9.17, 15) is 30.6 Å². The zero-order valence-electron chi connectivity index (χ0n) is 47.7. The van der Waals surface area contributed by atoms with E-state index in [2.05, 4.69) is 185 Å². The Labute approximate surface area is 523 Å². The van der Waals surface area contributed by atoms with E-state index >= 15 is 0 Å². The van der Waals surface area contributed by atoms with Crippen molar-refractivity contribution in [2.75, 3.05) is 0 Å². The highest BCUT2D eigenvalue weighted by Gasteiger charge is 2.54. The first-order valence-electron chi connectivity index (χ1n) is 28.7. The molecule has 0 saturated carbocycles. The van der Waals surface area contributed by atoms with Crippen molar-refractivity contribution in [1.29, 1.82) is 21.0 Å². The van der Waals surface area contributed by atoms with Crippen LogP contribution in [0.1, 0.15) is 108 Å². The second-order valence-electron chi connectivity index (χ2n) is 23.2. The molecule has 4 heterocycles. The number of Topliss-reactive ketones (excluding diaryl/α,β-unsaturated/α-hetero) is 2. The predicted octanol–water partition coefficient (Wildman–Crippen LogP) is 19.5. The van der Waals surface area contributed by atoms with Gasteiger partial charge in [-0.2, -0.15) is 21.0 Å². The van der Waals surface area contributed by atoms with Crippen molar-refractivity contribution in [1.82, 2.24) is 0 Å². The number of hydrogen-bond donors (Lipinski definition) is 0. The molecule has 0 bridgehead atoms. The minimum Gasteiger partial charge on any atom is -0.289 e.